The molecule has 3 aliphatic rings. The molecule has 0 unspecified atom stereocenters. The van der Waals surface area contributed by atoms with Crippen molar-refractivity contribution in [1.29, 1.82) is 0 Å². The lowest BCUT2D eigenvalue weighted by atomic mass is 9.84. The number of alkyl carbamates (subject to hydrolysis) is 1. The predicted octanol–water partition coefficient (Wildman–Crippen LogP) is 3.12. The SMILES string of the molecule is C=C1C(=O)O[C@H]2[C@H]1CC/C(COC(=O)NCc1ccc(Cn3c(=O)sn(CC)c3=O)cc1)=C\CC[C@@]1(C)O[C@@H]21. The molecule has 39 heavy (non-hydrogen) atoms. The molecular weight excluding hydrogens is 522 g/mol. The molecular formula is C28H33N3O7S. The lowest BCUT2D eigenvalue weighted by Gasteiger charge is -2.20. The zero-order chi connectivity index (χ0) is 27.7. The largest absolute Gasteiger partial charge is 0.455 e. The molecule has 0 saturated carbocycles. The number of benzene rings is 1. The van der Waals surface area contributed by atoms with Crippen LogP contribution in [0.2, 0.25) is 0 Å². The Morgan fingerprint density at radius 1 is 1.23 bits per heavy atom. The minimum absolute atomic E-state index is 0.0904. The summed E-state index contributed by atoms with van der Waals surface area (Å²) in [5.74, 6) is -0.454. The molecule has 1 aliphatic carbocycles. The van der Waals surface area contributed by atoms with E-state index in [-0.39, 0.29) is 60.0 Å². The maximum absolute atomic E-state index is 12.4. The van der Waals surface area contributed by atoms with E-state index in [0.29, 0.717) is 25.0 Å². The Morgan fingerprint density at radius 3 is 2.69 bits per heavy atom. The predicted molar refractivity (Wildman–Crippen MR) is 145 cm³/mol. The number of epoxide rings is 1. The molecule has 4 atom stereocenters. The topological polar surface area (TPSA) is 121 Å². The van der Waals surface area contributed by atoms with Gasteiger partial charge in [-0.2, -0.15) is 0 Å². The van der Waals surface area contributed by atoms with Crippen LogP contribution in [0.25, 0.3) is 0 Å². The van der Waals surface area contributed by atoms with E-state index >= 15 is 0 Å². The average Bonchev–Trinajstić information content (AvgIpc) is 3.41. The second-order valence-electron chi connectivity index (χ2n) is 10.5. The van der Waals surface area contributed by atoms with Crippen molar-refractivity contribution in [2.75, 3.05) is 6.61 Å². The van der Waals surface area contributed by atoms with Crippen molar-refractivity contribution in [3.63, 3.8) is 0 Å². The number of rotatable bonds is 7. The van der Waals surface area contributed by atoms with Gasteiger partial charge in [-0.05, 0) is 56.2 Å². The molecule has 2 saturated heterocycles. The number of hydrogen-bond acceptors (Lipinski definition) is 8. The molecule has 1 N–H and O–H groups in total. The Morgan fingerprint density at radius 2 is 1.97 bits per heavy atom. The average molecular weight is 556 g/mol. The van der Waals surface area contributed by atoms with Gasteiger partial charge in [0.15, 0.2) is 0 Å². The van der Waals surface area contributed by atoms with Crippen LogP contribution in [0.1, 0.15) is 50.7 Å². The third-order valence-corrected chi connectivity index (χ3v) is 8.78. The van der Waals surface area contributed by atoms with Gasteiger partial charge in [-0.3, -0.25) is 4.79 Å². The highest BCUT2D eigenvalue weighted by molar-refractivity contribution is 7.03. The second kappa shape index (κ2) is 11.0. The van der Waals surface area contributed by atoms with Crippen LogP contribution < -0.4 is 15.9 Å². The van der Waals surface area contributed by atoms with Gasteiger partial charge < -0.3 is 19.5 Å². The van der Waals surface area contributed by atoms with Crippen LogP contribution in [0.3, 0.4) is 0 Å². The van der Waals surface area contributed by atoms with Gasteiger partial charge in [0.25, 0.3) is 0 Å². The summed E-state index contributed by atoms with van der Waals surface area (Å²) >= 11 is 0.917. The van der Waals surface area contributed by atoms with Gasteiger partial charge in [0.1, 0.15) is 18.8 Å². The van der Waals surface area contributed by atoms with Gasteiger partial charge in [0.2, 0.25) is 0 Å². The van der Waals surface area contributed by atoms with E-state index in [1.165, 1.54) is 8.52 Å². The molecule has 208 valence electrons. The van der Waals surface area contributed by atoms with E-state index in [0.717, 1.165) is 41.1 Å². The highest BCUT2D eigenvalue weighted by Gasteiger charge is 2.61. The fraction of sp³-hybridized carbons (Fsp3) is 0.500. The van der Waals surface area contributed by atoms with Crippen LogP contribution in [0.4, 0.5) is 4.79 Å². The smallest absolute Gasteiger partial charge is 0.407 e. The maximum atomic E-state index is 12.4. The van der Waals surface area contributed by atoms with E-state index in [1.807, 2.05) is 38.1 Å². The molecule has 2 aromatic rings. The zero-order valence-corrected chi connectivity index (χ0v) is 23.0. The van der Waals surface area contributed by atoms with Crippen molar-refractivity contribution in [3.05, 3.63) is 79.3 Å². The first-order valence-corrected chi connectivity index (χ1v) is 14.0. The summed E-state index contributed by atoms with van der Waals surface area (Å²) in [5.41, 5.74) is 2.55. The Hall–Kier alpha value is -3.44. The summed E-state index contributed by atoms with van der Waals surface area (Å²) in [6, 6.07) is 7.36. The number of nitrogens with zero attached hydrogens (tertiary/aromatic N) is 2. The van der Waals surface area contributed by atoms with E-state index in [2.05, 4.69) is 18.0 Å². The normalized spacial score (nSPS) is 27.5. The minimum Gasteiger partial charge on any atom is -0.455 e. The minimum atomic E-state index is -0.527. The number of carbonyl (C=O) groups excluding carboxylic acids is 2. The van der Waals surface area contributed by atoms with E-state index in [4.69, 9.17) is 14.2 Å². The van der Waals surface area contributed by atoms with Gasteiger partial charge in [0, 0.05) is 36.1 Å². The van der Waals surface area contributed by atoms with Crippen molar-refractivity contribution >= 4 is 23.6 Å². The molecule has 11 heteroatoms. The summed E-state index contributed by atoms with van der Waals surface area (Å²) in [6.07, 6.45) is 4.12. The number of amides is 1. The molecule has 10 nitrogen and oxygen atoms in total. The number of aromatic nitrogens is 2. The van der Waals surface area contributed by atoms with E-state index in [1.54, 1.807) is 0 Å². The van der Waals surface area contributed by atoms with Crippen LogP contribution in [0.15, 0.2) is 57.7 Å². The Kier molecular flexibility index (Phi) is 7.64. The zero-order valence-electron chi connectivity index (χ0n) is 22.1. The first kappa shape index (κ1) is 27.1. The summed E-state index contributed by atoms with van der Waals surface area (Å²) in [4.78, 5) is 48.6. The van der Waals surface area contributed by atoms with Crippen LogP contribution >= 0.6 is 11.5 Å². The highest BCUT2D eigenvalue weighted by Crippen LogP contribution is 2.49. The maximum Gasteiger partial charge on any atom is 0.407 e. The third-order valence-electron chi connectivity index (χ3n) is 7.77. The molecule has 3 heterocycles. The summed E-state index contributed by atoms with van der Waals surface area (Å²) in [7, 11) is 0. The molecule has 0 radical (unpaired) electrons. The fourth-order valence-corrected chi connectivity index (χ4v) is 6.04. The summed E-state index contributed by atoms with van der Waals surface area (Å²) in [6.45, 7) is 8.91. The first-order chi connectivity index (χ1) is 18.7. The number of hydrogen-bond donors (Lipinski definition) is 1. The van der Waals surface area contributed by atoms with Crippen molar-refractivity contribution < 1.29 is 23.8 Å². The van der Waals surface area contributed by atoms with Crippen molar-refractivity contribution in [3.8, 4) is 0 Å². The number of fused-ring (bicyclic) bond motifs is 3. The number of esters is 1. The lowest BCUT2D eigenvalue weighted by Crippen LogP contribution is -2.29. The van der Waals surface area contributed by atoms with Gasteiger partial charge in [-0.15, -0.1) is 0 Å². The molecule has 5 rings (SSSR count). The van der Waals surface area contributed by atoms with E-state index < -0.39 is 6.09 Å². The quantitative estimate of drug-likeness (QED) is 0.241. The number of aryl methyl sites for hydroxylation is 1. The standard InChI is InChI=1S/C28H33N3O7S/c1-4-31-26(34)30(27(35)39-31)15-19-9-7-18(8-10-19)14-29-25(33)36-16-20-6-5-13-28(3)23(38-28)22-21(12-11-20)17(2)24(32)37-22/h6-10,21-23H,2,4-5,11-16H2,1,3H3,(H,29,33)/b20-6+/t21-,22-,23-,28+/m0/s1. The molecule has 1 aromatic carbocycles. The van der Waals surface area contributed by atoms with Crippen LogP contribution in [-0.2, 0) is 38.6 Å². The van der Waals surface area contributed by atoms with Crippen molar-refractivity contribution in [1.82, 2.24) is 13.8 Å². The van der Waals surface area contributed by atoms with Crippen molar-refractivity contribution in [2.24, 2.45) is 5.92 Å². The third kappa shape index (κ3) is 5.79. The molecule has 1 aromatic heterocycles. The second-order valence-corrected chi connectivity index (χ2v) is 11.4. The summed E-state index contributed by atoms with van der Waals surface area (Å²) in [5, 5.41) is 2.76. The molecule has 1 amide bonds. The Labute approximate surface area is 230 Å². The monoisotopic (exact) mass is 555 g/mol. The first-order valence-electron chi connectivity index (χ1n) is 13.2. The number of carbonyl (C=O) groups is 2. The Bertz CT molecular complexity index is 1420. The van der Waals surface area contributed by atoms with Crippen LogP contribution in [0, 0.1) is 5.92 Å². The molecule has 0 spiro atoms. The molecule has 2 fully saturated rings. The highest BCUT2D eigenvalue weighted by atomic mass is 32.1. The van der Waals surface area contributed by atoms with Crippen LogP contribution in [0.5, 0.6) is 0 Å². The van der Waals surface area contributed by atoms with Crippen LogP contribution in [-0.4, -0.2) is 45.0 Å². The molecule has 0 bridgehead atoms. The van der Waals surface area contributed by atoms with Crippen molar-refractivity contribution in [2.45, 2.75) is 77.0 Å². The Balaban J connectivity index is 1.12. The number of nitrogens with one attached hydrogen (secondary N) is 1. The van der Waals surface area contributed by atoms with E-state index in [9.17, 15) is 19.2 Å². The lowest BCUT2D eigenvalue weighted by molar-refractivity contribution is -0.140. The van der Waals surface area contributed by atoms with Gasteiger partial charge in [-0.25, -0.2) is 22.9 Å². The number of allylic oxidation sites excluding steroid dienone is 1. The molecule has 2 aliphatic heterocycles. The fourth-order valence-electron chi connectivity index (χ4n) is 5.31. The van der Waals surface area contributed by atoms with Gasteiger partial charge in [0.05, 0.1) is 12.1 Å². The summed E-state index contributed by atoms with van der Waals surface area (Å²) < 4.78 is 19.7. The van der Waals surface area contributed by atoms with Gasteiger partial charge in [-0.1, -0.05) is 36.9 Å². The number of ether oxygens (including phenoxy) is 3. The van der Waals surface area contributed by atoms with Gasteiger partial charge >= 0.3 is 22.6 Å².